The molecule has 0 radical (unpaired) electrons. The maximum Gasteiger partial charge on any atom is 0.236 e. The van der Waals surface area contributed by atoms with Gasteiger partial charge in [0.05, 0.1) is 19.3 Å². The molecule has 5 nitrogen and oxygen atoms in total. The lowest BCUT2D eigenvalue weighted by molar-refractivity contribution is -0.134. The van der Waals surface area contributed by atoms with Gasteiger partial charge in [-0.25, -0.2) is 0 Å². The molecular formula is C13H24N2O3. The number of likely N-dealkylation sites (tertiary alicyclic amines) is 1. The highest BCUT2D eigenvalue weighted by molar-refractivity contribution is 5.78. The van der Waals surface area contributed by atoms with Crippen LogP contribution in [0.4, 0.5) is 0 Å². The summed E-state index contributed by atoms with van der Waals surface area (Å²) in [6.45, 7) is 3.73. The highest BCUT2D eigenvalue weighted by atomic mass is 16.5. The summed E-state index contributed by atoms with van der Waals surface area (Å²) in [4.78, 5) is 16.2. The SMILES string of the molecule is COC1COCCC1N(C)CC(=O)N1CCCC1. The van der Waals surface area contributed by atoms with Gasteiger partial charge in [0.25, 0.3) is 0 Å². The van der Waals surface area contributed by atoms with Crippen LogP contribution in [-0.4, -0.2) is 74.9 Å². The van der Waals surface area contributed by atoms with Crippen molar-refractivity contribution in [2.24, 2.45) is 0 Å². The molecule has 2 aliphatic rings. The Morgan fingerprint density at radius 1 is 1.44 bits per heavy atom. The van der Waals surface area contributed by atoms with Gasteiger partial charge in [0, 0.05) is 32.8 Å². The number of hydrogen-bond acceptors (Lipinski definition) is 4. The van der Waals surface area contributed by atoms with E-state index >= 15 is 0 Å². The molecule has 0 N–H and O–H groups in total. The molecule has 0 aromatic heterocycles. The zero-order chi connectivity index (χ0) is 13.0. The van der Waals surface area contributed by atoms with Gasteiger partial charge in [-0.05, 0) is 26.3 Å². The van der Waals surface area contributed by atoms with Gasteiger partial charge in [-0.2, -0.15) is 0 Å². The summed E-state index contributed by atoms with van der Waals surface area (Å²) in [6, 6.07) is 0.287. The fourth-order valence-corrected chi connectivity index (χ4v) is 2.83. The number of ether oxygens (including phenoxy) is 2. The van der Waals surface area contributed by atoms with Gasteiger partial charge < -0.3 is 14.4 Å². The van der Waals surface area contributed by atoms with E-state index in [0.717, 1.165) is 39.0 Å². The van der Waals surface area contributed by atoms with Crippen LogP contribution in [0.2, 0.25) is 0 Å². The van der Waals surface area contributed by atoms with Gasteiger partial charge in [-0.15, -0.1) is 0 Å². The highest BCUT2D eigenvalue weighted by Gasteiger charge is 2.30. The lowest BCUT2D eigenvalue weighted by Gasteiger charge is -2.37. The zero-order valence-corrected chi connectivity index (χ0v) is 11.4. The topological polar surface area (TPSA) is 42.0 Å². The van der Waals surface area contributed by atoms with Gasteiger partial charge in [-0.3, -0.25) is 9.69 Å². The van der Waals surface area contributed by atoms with E-state index in [1.165, 1.54) is 0 Å². The largest absolute Gasteiger partial charge is 0.379 e. The lowest BCUT2D eigenvalue weighted by atomic mass is 10.0. The number of carbonyl (C=O) groups is 1. The van der Waals surface area contributed by atoms with Crippen LogP contribution in [0.3, 0.4) is 0 Å². The highest BCUT2D eigenvalue weighted by Crippen LogP contribution is 2.17. The van der Waals surface area contributed by atoms with Crippen LogP contribution in [0, 0.1) is 0 Å². The third-order valence-electron chi connectivity index (χ3n) is 3.98. The number of likely N-dealkylation sites (N-methyl/N-ethyl adjacent to an activating group) is 1. The lowest BCUT2D eigenvalue weighted by Crippen LogP contribution is -2.51. The van der Waals surface area contributed by atoms with E-state index in [0.29, 0.717) is 13.2 Å². The number of carbonyl (C=O) groups excluding carboxylic acids is 1. The Kier molecular flexibility index (Phi) is 4.97. The molecule has 2 aliphatic heterocycles. The molecule has 18 heavy (non-hydrogen) atoms. The van der Waals surface area contributed by atoms with Crippen molar-refractivity contribution in [3.63, 3.8) is 0 Å². The van der Waals surface area contributed by atoms with E-state index in [-0.39, 0.29) is 18.1 Å². The Hall–Kier alpha value is -0.650. The monoisotopic (exact) mass is 256 g/mol. The van der Waals surface area contributed by atoms with Crippen LogP contribution in [0.25, 0.3) is 0 Å². The molecule has 0 bridgehead atoms. The normalized spacial score (nSPS) is 28.9. The van der Waals surface area contributed by atoms with E-state index in [9.17, 15) is 4.79 Å². The fourth-order valence-electron chi connectivity index (χ4n) is 2.83. The molecular weight excluding hydrogens is 232 g/mol. The first kappa shape index (κ1) is 13.8. The summed E-state index contributed by atoms with van der Waals surface area (Å²) in [5.74, 6) is 0.247. The van der Waals surface area contributed by atoms with Crippen LogP contribution in [0.1, 0.15) is 19.3 Å². The van der Waals surface area contributed by atoms with Crippen LogP contribution < -0.4 is 0 Å². The van der Waals surface area contributed by atoms with Crippen molar-refractivity contribution >= 4 is 5.91 Å². The third kappa shape index (κ3) is 3.22. The van der Waals surface area contributed by atoms with Crippen molar-refractivity contribution in [2.45, 2.75) is 31.4 Å². The number of rotatable bonds is 4. The molecule has 0 aliphatic carbocycles. The molecule has 5 heteroatoms. The van der Waals surface area contributed by atoms with Gasteiger partial charge >= 0.3 is 0 Å². The summed E-state index contributed by atoms with van der Waals surface area (Å²) in [5, 5.41) is 0. The zero-order valence-electron chi connectivity index (χ0n) is 11.4. The minimum Gasteiger partial charge on any atom is -0.379 e. The van der Waals surface area contributed by atoms with Crippen LogP contribution in [0.5, 0.6) is 0 Å². The number of hydrogen-bond donors (Lipinski definition) is 0. The number of nitrogens with zero attached hydrogens (tertiary/aromatic N) is 2. The Morgan fingerprint density at radius 3 is 2.83 bits per heavy atom. The molecule has 0 saturated carbocycles. The van der Waals surface area contributed by atoms with Crippen molar-refractivity contribution in [1.29, 1.82) is 0 Å². The average molecular weight is 256 g/mol. The van der Waals surface area contributed by atoms with Gasteiger partial charge in [0.1, 0.15) is 0 Å². The number of methoxy groups -OCH3 is 1. The Bertz CT molecular complexity index is 279. The molecule has 2 rings (SSSR count). The first-order valence-corrected chi connectivity index (χ1v) is 6.81. The summed E-state index contributed by atoms with van der Waals surface area (Å²) >= 11 is 0. The predicted molar refractivity (Wildman–Crippen MR) is 68.5 cm³/mol. The van der Waals surface area contributed by atoms with Gasteiger partial charge in [0.15, 0.2) is 0 Å². The minimum atomic E-state index is 0.0788. The van der Waals surface area contributed by atoms with E-state index < -0.39 is 0 Å². The second kappa shape index (κ2) is 6.50. The summed E-state index contributed by atoms with van der Waals surface area (Å²) < 4.78 is 10.9. The predicted octanol–water partition coefficient (Wildman–Crippen LogP) is 0.345. The average Bonchev–Trinajstić information content (AvgIpc) is 2.92. The minimum absolute atomic E-state index is 0.0788. The smallest absolute Gasteiger partial charge is 0.236 e. The summed E-state index contributed by atoms with van der Waals surface area (Å²) in [6.07, 6.45) is 3.30. The molecule has 2 unspecified atom stereocenters. The van der Waals surface area contributed by atoms with Crippen molar-refractivity contribution in [3.8, 4) is 0 Å². The van der Waals surface area contributed by atoms with Gasteiger partial charge in [0.2, 0.25) is 5.91 Å². The third-order valence-corrected chi connectivity index (χ3v) is 3.98. The van der Waals surface area contributed by atoms with Crippen molar-refractivity contribution in [2.75, 3.05) is 47.0 Å². The van der Waals surface area contributed by atoms with E-state index in [1.54, 1.807) is 7.11 Å². The number of amides is 1. The van der Waals surface area contributed by atoms with Crippen LogP contribution >= 0.6 is 0 Å². The van der Waals surface area contributed by atoms with E-state index in [2.05, 4.69) is 4.90 Å². The van der Waals surface area contributed by atoms with E-state index in [1.807, 2.05) is 11.9 Å². The second-order valence-corrected chi connectivity index (χ2v) is 5.21. The Balaban J connectivity index is 1.85. The molecule has 2 fully saturated rings. The molecule has 104 valence electrons. The quantitative estimate of drug-likeness (QED) is 0.727. The molecule has 2 saturated heterocycles. The summed E-state index contributed by atoms with van der Waals surface area (Å²) in [5.41, 5.74) is 0. The molecule has 0 aromatic carbocycles. The molecule has 2 heterocycles. The molecule has 0 aromatic rings. The van der Waals surface area contributed by atoms with Gasteiger partial charge in [-0.1, -0.05) is 0 Å². The Morgan fingerprint density at radius 2 is 2.17 bits per heavy atom. The maximum atomic E-state index is 12.1. The van der Waals surface area contributed by atoms with Crippen molar-refractivity contribution in [1.82, 2.24) is 9.80 Å². The first-order valence-electron chi connectivity index (χ1n) is 6.81. The summed E-state index contributed by atoms with van der Waals surface area (Å²) in [7, 11) is 3.72. The van der Waals surface area contributed by atoms with E-state index in [4.69, 9.17) is 9.47 Å². The Labute approximate surface area is 109 Å². The second-order valence-electron chi connectivity index (χ2n) is 5.21. The van der Waals surface area contributed by atoms with Crippen LogP contribution in [0.15, 0.2) is 0 Å². The fraction of sp³-hybridized carbons (Fsp3) is 0.923. The van der Waals surface area contributed by atoms with Crippen LogP contribution in [-0.2, 0) is 14.3 Å². The molecule has 2 atom stereocenters. The molecule has 1 amide bonds. The van der Waals surface area contributed by atoms with Crippen molar-refractivity contribution in [3.05, 3.63) is 0 Å². The maximum absolute atomic E-state index is 12.1. The first-order chi connectivity index (χ1) is 8.72. The molecule has 0 spiro atoms. The standard InChI is InChI=1S/C13H24N2O3/c1-14(9-13(16)15-6-3-4-7-15)11-5-8-18-10-12(11)17-2/h11-12H,3-10H2,1-2H3. The van der Waals surface area contributed by atoms with Crippen molar-refractivity contribution < 1.29 is 14.3 Å².